The maximum atomic E-state index is 12.4. The van der Waals surface area contributed by atoms with E-state index in [0.29, 0.717) is 43.9 Å². The molecule has 0 radical (unpaired) electrons. The molecule has 0 aliphatic carbocycles. The molecule has 2 aromatic rings. The third kappa shape index (κ3) is 4.94. The van der Waals surface area contributed by atoms with E-state index in [2.05, 4.69) is 10.2 Å². The standard InChI is InChI=1S/C18H22N4O5S/c1-3-26-18(24)22-10-8-21(9-11-22)15(23)12-28-17-20-19-16(27-17)13-4-6-14(25-2)7-5-13/h4-7H,3,8-12H2,1-2H3. The number of thioether (sulfide) groups is 1. The van der Waals surface area contributed by atoms with Crippen molar-refractivity contribution in [2.45, 2.75) is 12.1 Å². The van der Waals surface area contributed by atoms with E-state index >= 15 is 0 Å². The molecule has 0 unspecified atom stereocenters. The first-order chi connectivity index (χ1) is 13.6. The van der Waals surface area contributed by atoms with Crippen LogP contribution in [-0.4, -0.2) is 77.6 Å². The molecular formula is C18H22N4O5S. The van der Waals surface area contributed by atoms with Crippen molar-refractivity contribution >= 4 is 23.8 Å². The van der Waals surface area contributed by atoms with E-state index in [0.717, 1.165) is 11.3 Å². The Morgan fingerprint density at radius 2 is 1.79 bits per heavy atom. The quantitative estimate of drug-likeness (QED) is 0.673. The molecule has 2 heterocycles. The number of amides is 2. The third-order valence-corrected chi connectivity index (χ3v) is 5.02. The van der Waals surface area contributed by atoms with E-state index in [1.54, 1.807) is 23.8 Å². The zero-order valence-electron chi connectivity index (χ0n) is 15.8. The van der Waals surface area contributed by atoms with E-state index in [1.165, 1.54) is 11.8 Å². The van der Waals surface area contributed by atoms with Crippen LogP contribution in [0.2, 0.25) is 0 Å². The number of piperazine rings is 1. The Kier molecular flexibility index (Phi) is 6.75. The van der Waals surface area contributed by atoms with Gasteiger partial charge in [0.1, 0.15) is 5.75 Å². The summed E-state index contributed by atoms with van der Waals surface area (Å²) in [5, 5.41) is 8.34. The number of nitrogens with zero attached hydrogens (tertiary/aromatic N) is 4. The summed E-state index contributed by atoms with van der Waals surface area (Å²) in [4.78, 5) is 27.4. The molecule has 0 atom stereocenters. The van der Waals surface area contributed by atoms with Gasteiger partial charge in [0.25, 0.3) is 5.22 Å². The number of hydrogen-bond donors (Lipinski definition) is 0. The van der Waals surface area contributed by atoms with Gasteiger partial charge in [-0.05, 0) is 31.2 Å². The molecule has 0 N–H and O–H groups in total. The zero-order chi connectivity index (χ0) is 19.9. The smallest absolute Gasteiger partial charge is 0.409 e. The fourth-order valence-electron chi connectivity index (χ4n) is 2.69. The Morgan fingerprint density at radius 1 is 1.11 bits per heavy atom. The summed E-state index contributed by atoms with van der Waals surface area (Å²) >= 11 is 1.20. The Morgan fingerprint density at radius 3 is 2.43 bits per heavy atom. The van der Waals surface area contributed by atoms with Gasteiger partial charge in [-0.2, -0.15) is 0 Å². The van der Waals surface area contributed by atoms with Gasteiger partial charge in [-0.3, -0.25) is 4.79 Å². The lowest BCUT2D eigenvalue weighted by Gasteiger charge is -2.33. The first kappa shape index (κ1) is 20.0. The molecule has 0 saturated carbocycles. The molecule has 28 heavy (non-hydrogen) atoms. The van der Waals surface area contributed by atoms with Crippen LogP contribution >= 0.6 is 11.8 Å². The summed E-state index contributed by atoms with van der Waals surface area (Å²) in [6.45, 7) is 4.02. The summed E-state index contributed by atoms with van der Waals surface area (Å²) in [6.07, 6.45) is -0.333. The lowest BCUT2D eigenvalue weighted by molar-refractivity contribution is -0.129. The largest absolute Gasteiger partial charge is 0.497 e. The number of aromatic nitrogens is 2. The number of carbonyl (C=O) groups excluding carboxylic acids is 2. The highest BCUT2D eigenvalue weighted by molar-refractivity contribution is 7.99. The number of carbonyl (C=O) groups is 2. The fraction of sp³-hybridized carbons (Fsp3) is 0.444. The predicted octanol–water partition coefficient (Wildman–Crippen LogP) is 2.14. The minimum atomic E-state index is -0.333. The number of rotatable bonds is 6. The van der Waals surface area contributed by atoms with Crippen LogP contribution in [0.3, 0.4) is 0 Å². The molecule has 1 aromatic heterocycles. The molecule has 2 amide bonds. The van der Waals surface area contributed by atoms with Crippen molar-refractivity contribution in [2.75, 3.05) is 45.6 Å². The van der Waals surface area contributed by atoms with Gasteiger partial charge in [0, 0.05) is 31.7 Å². The van der Waals surface area contributed by atoms with Gasteiger partial charge < -0.3 is 23.7 Å². The Labute approximate surface area is 167 Å². The summed E-state index contributed by atoms with van der Waals surface area (Å²) in [6, 6.07) is 7.28. The number of hydrogen-bond acceptors (Lipinski definition) is 8. The van der Waals surface area contributed by atoms with Gasteiger partial charge in [-0.15, -0.1) is 10.2 Å². The lowest BCUT2D eigenvalue weighted by Crippen LogP contribution is -2.51. The molecule has 0 bridgehead atoms. The minimum Gasteiger partial charge on any atom is -0.497 e. The minimum absolute atomic E-state index is 0.0299. The number of ether oxygens (including phenoxy) is 2. The molecule has 1 saturated heterocycles. The fourth-order valence-corrected chi connectivity index (χ4v) is 3.35. The average Bonchev–Trinajstić information content (AvgIpc) is 3.21. The van der Waals surface area contributed by atoms with E-state index in [9.17, 15) is 9.59 Å². The molecule has 0 spiro atoms. The van der Waals surface area contributed by atoms with E-state index < -0.39 is 0 Å². The maximum Gasteiger partial charge on any atom is 0.409 e. The lowest BCUT2D eigenvalue weighted by atomic mass is 10.2. The van der Waals surface area contributed by atoms with Crippen molar-refractivity contribution in [1.82, 2.24) is 20.0 Å². The highest BCUT2D eigenvalue weighted by Crippen LogP contribution is 2.25. The first-order valence-electron chi connectivity index (χ1n) is 8.91. The van der Waals surface area contributed by atoms with Crippen LogP contribution in [0.5, 0.6) is 5.75 Å². The van der Waals surface area contributed by atoms with Crippen LogP contribution in [0.15, 0.2) is 33.9 Å². The summed E-state index contributed by atoms with van der Waals surface area (Å²) in [7, 11) is 1.60. The van der Waals surface area contributed by atoms with Crippen LogP contribution in [0.4, 0.5) is 4.79 Å². The highest BCUT2D eigenvalue weighted by atomic mass is 32.2. The van der Waals surface area contributed by atoms with Gasteiger partial charge in [0.15, 0.2) is 0 Å². The summed E-state index contributed by atoms with van der Waals surface area (Å²) < 4.78 is 15.7. The zero-order valence-corrected chi connectivity index (χ0v) is 16.6. The monoisotopic (exact) mass is 406 g/mol. The second-order valence-corrected chi connectivity index (χ2v) is 6.88. The Balaban J connectivity index is 1.47. The first-order valence-corrected chi connectivity index (χ1v) is 9.89. The van der Waals surface area contributed by atoms with E-state index in [1.807, 2.05) is 24.3 Å². The van der Waals surface area contributed by atoms with Gasteiger partial charge >= 0.3 is 6.09 Å². The molecule has 3 rings (SSSR count). The van der Waals surface area contributed by atoms with Crippen molar-refractivity contribution in [3.8, 4) is 17.2 Å². The van der Waals surface area contributed by atoms with Gasteiger partial charge in [-0.25, -0.2) is 4.79 Å². The molecule has 9 nitrogen and oxygen atoms in total. The van der Waals surface area contributed by atoms with Gasteiger partial charge in [0.2, 0.25) is 11.8 Å². The maximum absolute atomic E-state index is 12.4. The van der Waals surface area contributed by atoms with Gasteiger partial charge in [-0.1, -0.05) is 11.8 Å². The third-order valence-electron chi connectivity index (χ3n) is 4.22. The van der Waals surface area contributed by atoms with E-state index in [4.69, 9.17) is 13.9 Å². The summed E-state index contributed by atoms with van der Waals surface area (Å²) in [5.41, 5.74) is 0.779. The molecule has 10 heteroatoms. The van der Waals surface area contributed by atoms with E-state index in [-0.39, 0.29) is 17.8 Å². The Bertz CT molecular complexity index is 803. The van der Waals surface area contributed by atoms with Crippen molar-refractivity contribution in [1.29, 1.82) is 0 Å². The van der Waals surface area contributed by atoms with Crippen molar-refractivity contribution in [3.05, 3.63) is 24.3 Å². The predicted molar refractivity (Wildman–Crippen MR) is 102 cm³/mol. The molecule has 1 aromatic carbocycles. The van der Waals surface area contributed by atoms with Crippen molar-refractivity contribution in [3.63, 3.8) is 0 Å². The number of benzene rings is 1. The second-order valence-electron chi connectivity index (χ2n) is 5.96. The SMILES string of the molecule is CCOC(=O)N1CCN(C(=O)CSc2nnc(-c3ccc(OC)cc3)o2)CC1. The normalized spacial score (nSPS) is 14.1. The molecule has 1 fully saturated rings. The highest BCUT2D eigenvalue weighted by Gasteiger charge is 2.25. The van der Waals surface area contributed by atoms with Crippen LogP contribution in [0.25, 0.3) is 11.5 Å². The molecule has 1 aliphatic rings. The topological polar surface area (TPSA) is 98.0 Å². The van der Waals surface area contributed by atoms with Crippen molar-refractivity contribution < 1.29 is 23.5 Å². The van der Waals surface area contributed by atoms with Crippen molar-refractivity contribution in [2.24, 2.45) is 0 Å². The molecular weight excluding hydrogens is 384 g/mol. The van der Waals surface area contributed by atoms with Crippen LogP contribution in [-0.2, 0) is 9.53 Å². The summed E-state index contributed by atoms with van der Waals surface area (Å²) in [5.74, 6) is 1.30. The average molecular weight is 406 g/mol. The molecule has 1 aliphatic heterocycles. The van der Waals surface area contributed by atoms with Crippen LogP contribution in [0.1, 0.15) is 6.92 Å². The number of methoxy groups -OCH3 is 1. The van der Waals surface area contributed by atoms with Crippen LogP contribution < -0.4 is 4.74 Å². The van der Waals surface area contributed by atoms with Crippen LogP contribution in [0, 0.1) is 0 Å². The second kappa shape index (κ2) is 9.45. The molecule has 150 valence electrons. The Hall–Kier alpha value is -2.75. The van der Waals surface area contributed by atoms with Gasteiger partial charge in [0.05, 0.1) is 19.5 Å².